The summed E-state index contributed by atoms with van der Waals surface area (Å²) in [4.78, 5) is 13.1. The largest absolute Gasteiger partial charge is 0.372 e. The first kappa shape index (κ1) is 20.1. The number of aromatic nitrogens is 1. The molecule has 6 nitrogen and oxygen atoms in total. The Morgan fingerprint density at radius 1 is 1.00 bits per heavy atom. The van der Waals surface area contributed by atoms with Gasteiger partial charge in [0.25, 0.3) is 5.91 Å². The first-order valence-corrected chi connectivity index (χ1v) is 9.76. The normalized spacial score (nSPS) is 11.5. The summed E-state index contributed by atoms with van der Waals surface area (Å²) in [6.07, 6.45) is 3.33. The summed E-state index contributed by atoms with van der Waals surface area (Å²) in [6.45, 7) is 0.211. The predicted octanol–water partition coefficient (Wildman–Crippen LogP) is 3.55. The topological polar surface area (TPSA) is 90.4 Å². The number of carbonyl (C=O) groups excluding carboxylic acids is 1. The van der Waals surface area contributed by atoms with Crippen LogP contribution in [0.2, 0.25) is 0 Å². The molecule has 0 aliphatic rings. The van der Waals surface area contributed by atoms with Gasteiger partial charge in [0.05, 0.1) is 12.3 Å². The van der Waals surface area contributed by atoms with Crippen molar-refractivity contribution in [1.29, 1.82) is 5.26 Å². The third kappa shape index (κ3) is 3.82. The molecule has 4 rings (SSSR count). The summed E-state index contributed by atoms with van der Waals surface area (Å²) in [5.74, 6) is -0.665. The number of nitriles is 1. The average molecular weight is 408 g/mol. The highest BCUT2D eigenvalue weighted by Gasteiger charge is 2.39. The van der Waals surface area contributed by atoms with E-state index >= 15 is 0 Å². The Bertz CT molecular complexity index is 1230. The van der Waals surface area contributed by atoms with E-state index in [-0.39, 0.29) is 6.54 Å². The van der Waals surface area contributed by atoms with Gasteiger partial charge in [-0.3, -0.25) is 4.79 Å². The Morgan fingerprint density at radius 2 is 1.58 bits per heavy atom. The Labute approximate surface area is 179 Å². The molecule has 0 bridgehead atoms. The van der Waals surface area contributed by atoms with Crippen molar-refractivity contribution >= 4 is 23.0 Å². The van der Waals surface area contributed by atoms with Crippen molar-refractivity contribution in [3.8, 4) is 6.07 Å². The Hall–Kier alpha value is -4.21. The van der Waals surface area contributed by atoms with E-state index in [0.29, 0.717) is 11.1 Å². The molecule has 1 amide bonds. The molecule has 0 aliphatic carbocycles. The van der Waals surface area contributed by atoms with Crippen LogP contribution in [0.1, 0.15) is 16.7 Å². The third-order valence-electron chi connectivity index (χ3n) is 5.14. The maximum Gasteiger partial charge on any atom is 0.281 e. The van der Waals surface area contributed by atoms with Crippen LogP contribution in [0, 0.1) is 11.3 Å². The van der Waals surface area contributed by atoms with Crippen LogP contribution in [-0.2, 0) is 16.9 Å². The molecule has 3 aromatic carbocycles. The fourth-order valence-corrected chi connectivity index (χ4v) is 3.61. The maximum absolute atomic E-state index is 13.1. The molecule has 2 N–H and O–H groups in total. The SMILES string of the molecule is N#CCn1cc(/C=N/NC(=O)C(O)(c2ccccc2)c2ccccc2)c2ccccc21. The zero-order valence-electron chi connectivity index (χ0n) is 16.6. The molecule has 0 saturated heterocycles. The molecule has 1 heterocycles. The standard InChI is InChI=1S/C25H20N4O2/c26-15-16-29-18-19(22-13-7-8-14-23(22)29)17-27-28-24(30)25(31,20-9-3-1-4-10-20)21-11-5-2-6-12-21/h1-14,17-18,31H,16H2,(H,28,30)/b27-17+. The number of benzene rings is 3. The van der Waals surface area contributed by atoms with Gasteiger partial charge in [0.15, 0.2) is 5.60 Å². The lowest BCUT2D eigenvalue weighted by atomic mass is 9.85. The molecule has 0 unspecified atom stereocenters. The average Bonchev–Trinajstić information content (AvgIpc) is 3.17. The van der Waals surface area contributed by atoms with Gasteiger partial charge < -0.3 is 9.67 Å². The maximum atomic E-state index is 13.1. The van der Waals surface area contributed by atoms with Crippen LogP contribution in [0.5, 0.6) is 0 Å². The molecule has 0 radical (unpaired) electrons. The molecular weight excluding hydrogens is 388 g/mol. The van der Waals surface area contributed by atoms with Crippen molar-refractivity contribution < 1.29 is 9.90 Å². The minimum absolute atomic E-state index is 0.211. The van der Waals surface area contributed by atoms with Crippen LogP contribution in [-0.4, -0.2) is 21.8 Å². The molecule has 0 fully saturated rings. The van der Waals surface area contributed by atoms with Crippen LogP contribution in [0.3, 0.4) is 0 Å². The summed E-state index contributed by atoms with van der Waals surface area (Å²) in [7, 11) is 0. The lowest BCUT2D eigenvalue weighted by molar-refractivity contribution is -0.136. The number of nitrogens with one attached hydrogen (secondary N) is 1. The van der Waals surface area contributed by atoms with Gasteiger partial charge in [0.1, 0.15) is 6.54 Å². The number of nitrogens with zero attached hydrogens (tertiary/aromatic N) is 3. The van der Waals surface area contributed by atoms with Gasteiger partial charge in [0.2, 0.25) is 0 Å². The molecule has 31 heavy (non-hydrogen) atoms. The monoisotopic (exact) mass is 408 g/mol. The lowest BCUT2D eigenvalue weighted by Gasteiger charge is -2.27. The molecule has 1 aromatic heterocycles. The molecule has 0 aliphatic heterocycles. The highest BCUT2D eigenvalue weighted by atomic mass is 16.3. The molecular formula is C25H20N4O2. The molecule has 6 heteroatoms. The quantitative estimate of drug-likeness (QED) is 0.378. The van der Waals surface area contributed by atoms with Gasteiger partial charge in [0, 0.05) is 22.7 Å². The Kier molecular flexibility index (Phi) is 5.61. The third-order valence-corrected chi connectivity index (χ3v) is 5.14. The number of fused-ring (bicyclic) bond motifs is 1. The molecule has 0 spiro atoms. The zero-order chi connectivity index (χ0) is 21.7. The summed E-state index contributed by atoms with van der Waals surface area (Å²) in [6, 6.07) is 27.3. The Balaban J connectivity index is 1.65. The van der Waals surface area contributed by atoms with E-state index in [1.165, 1.54) is 6.21 Å². The zero-order valence-corrected chi connectivity index (χ0v) is 16.6. The van der Waals surface area contributed by atoms with Gasteiger partial charge in [-0.1, -0.05) is 78.9 Å². The van der Waals surface area contributed by atoms with E-state index in [1.54, 1.807) is 48.5 Å². The van der Waals surface area contributed by atoms with Crippen molar-refractivity contribution in [2.45, 2.75) is 12.1 Å². The van der Waals surface area contributed by atoms with Gasteiger partial charge in [-0.2, -0.15) is 10.4 Å². The smallest absolute Gasteiger partial charge is 0.281 e. The number of para-hydroxylation sites is 1. The first-order chi connectivity index (χ1) is 15.1. The summed E-state index contributed by atoms with van der Waals surface area (Å²) >= 11 is 0. The molecule has 0 saturated carbocycles. The second kappa shape index (κ2) is 8.66. The van der Waals surface area contributed by atoms with Crippen LogP contribution in [0.25, 0.3) is 10.9 Å². The van der Waals surface area contributed by atoms with Crippen molar-refractivity contribution in [2.75, 3.05) is 0 Å². The van der Waals surface area contributed by atoms with E-state index in [4.69, 9.17) is 5.26 Å². The minimum atomic E-state index is -1.89. The summed E-state index contributed by atoms with van der Waals surface area (Å²) in [5.41, 5.74) is 3.14. The van der Waals surface area contributed by atoms with Crippen LogP contribution < -0.4 is 5.43 Å². The van der Waals surface area contributed by atoms with Crippen LogP contribution in [0.4, 0.5) is 0 Å². The number of hydrogen-bond donors (Lipinski definition) is 2. The number of rotatable bonds is 6. The highest BCUT2D eigenvalue weighted by molar-refractivity contribution is 6.00. The van der Waals surface area contributed by atoms with Gasteiger partial charge in [-0.25, -0.2) is 5.43 Å². The lowest BCUT2D eigenvalue weighted by Crippen LogP contribution is -2.43. The highest BCUT2D eigenvalue weighted by Crippen LogP contribution is 2.30. The minimum Gasteiger partial charge on any atom is -0.372 e. The number of aliphatic hydroxyl groups is 1. The molecule has 0 atom stereocenters. The van der Waals surface area contributed by atoms with Gasteiger partial charge >= 0.3 is 0 Å². The fourth-order valence-electron chi connectivity index (χ4n) is 3.61. The number of carbonyl (C=O) groups is 1. The predicted molar refractivity (Wildman–Crippen MR) is 119 cm³/mol. The Morgan fingerprint density at radius 3 is 2.19 bits per heavy atom. The number of hydrazone groups is 1. The summed E-state index contributed by atoms with van der Waals surface area (Å²) in [5, 5.41) is 25.5. The van der Waals surface area contributed by atoms with Crippen molar-refractivity contribution in [3.63, 3.8) is 0 Å². The van der Waals surface area contributed by atoms with E-state index < -0.39 is 11.5 Å². The van der Waals surface area contributed by atoms with Crippen molar-refractivity contribution in [3.05, 3.63) is 108 Å². The first-order valence-electron chi connectivity index (χ1n) is 9.76. The molecule has 152 valence electrons. The van der Waals surface area contributed by atoms with Crippen LogP contribution >= 0.6 is 0 Å². The van der Waals surface area contributed by atoms with Crippen molar-refractivity contribution in [1.82, 2.24) is 9.99 Å². The second-order valence-electron chi connectivity index (χ2n) is 7.03. The van der Waals surface area contributed by atoms with E-state index in [2.05, 4.69) is 16.6 Å². The van der Waals surface area contributed by atoms with Gasteiger partial charge in [-0.05, 0) is 17.2 Å². The van der Waals surface area contributed by atoms with Gasteiger partial charge in [-0.15, -0.1) is 0 Å². The van der Waals surface area contributed by atoms with Crippen LogP contribution in [0.15, 0.2) is 96.2 Å². The number of amides is 1. The fraction of sp³-hybridized carbons (Fsp3) is 0.0800. The second-order valence-corrected chi connectivity index (χ2v) is 7.03. The molecule has 4 aromatic rings. The van der Waals surface area contributed by atoms with E-state index in [0.717, 1.165) is 16.5 Å². The summed E-state index contributed by atoms with van der Waals surface area (Å²) < 4.78 is 1.82. The van der Waals surface area contributed by atoms with Crippen molar-refractivity contribution in [2.24, 2.45) is 5.10 Å². The van der Waals surface area contributed by atoms with E-state index in [1.807, 2.05) is 47.2 Å². The van der Waals surface area contributed by atoms with E-state index in [9.17, 15) is 9.90 Å². The number of hydrogen-bond acceptors (Lipinski definition) is 4.